The van der Waals surface area contributed by atoms with Crippen molar-refractivity contribution >= 4 is 23.4 Å². The zero-order valence-corrected chi connectivity index (χ0v) is 24.2. The summed E-state index contributed by atoms with van der Waals surface area (Å²) in [6.45, 7) is -0.428. The van der Waals surface area contributed by atoms with Gasteiger partial charge in [-0.15, -0.1) is 0 Å². The van der Waals surface area contributed by atoms with Crippen molar-refractivity contribution in [1.82, 2.24) is 25.4 Å². The number of carbonyl (C=O) groups is 2. The third-order valence-corrected chi connectivity index (χ3v) is 7.61. The lowest BCUT2D eigenvalue weighted by molar-refractivity contribution is -0.122. The number of aromatic nitrogens is 3. The van der Waals surface area contributed by atoms with Crippen molar-refractivity contribution < 1.29 is 31.5 Å². The van der Waals surface area contributed by atoms with Gasteiger partial charge in [0.25, 0.3) is 5.91 Å². The molecule has 2 N–H and O–H groups in total. The van der Waals surface area contributed by atoms with Crippen LogP contribution in [0.3, 0.4) is 0 Å². The molecule has 0 fully saturated rings. The van der Waals surface area contributed by atoms with E-state index in [0.29, 0.717) is 47.7 Å². The molecule has 0 aliphatic heterocycles. The first-order valence-electron chi connectivity index (χ1n) is 13.8. The van der Waals surface area contributed by atoms with Gasteiger partial charge in [-0.3, -0.25) is 19.3 Å². The highest BCUT2D eigenvalue weighted by molar-refractivity contribution is 6.21. The fourth-order valence-electron chi connectivity index (χ4n) is 5.53. The first-order chi connectivity index (χ1) is 20.9. The third kappa shape index (κ3) is 6.75. The third-order valence-electron chi connectivity index (χ3n) is 7.43. The first kappa shape index (κ1) is 31.1. The predicted molar refractivity (Wildman–Crippen MR) is 153 cm³/mol. The Morgan fingerprint density at radius 3 is 2.48 bits per heavy atom. The predicted octanol–water partition coefficient (Wildman–Crippen LogP) is 5.99. The summed E-state index contributed by atoms with van der Waals surface area (Å²) in [5.74, 6) is -3.67. The summed E-state index contributed by atoms with van der Waals surface area (Å²) in [6.07, 6.45) is 3.55. The number of carbonyl (C=O) groups excluding carboxylic acids is 2. The molecule has 7 nitrogen and oxygen atoms in total. The Morgan fingerprint density at radius 2 is 1.77 bits per heavy atom. The van der Waals surface area contributed by atoms with Crippen LogP contribution in [0.25, 0.3) is 11.1 Å². The van der Waals surface area contributed by atoms with Crippen molar-refractivity contribution in [3.63, 3.8) is 0 Å². The Bertz CT molecular complexity index is 1700. The molecule has 44 heavy (non-hydrogen) atoms. The molecule has 13 heteroatoms. The second-order valence-corrected chi connectivity index (χ2v) is 10.9. The summed E-state index contributed by atoms with van der Waals surface area (Å²) in [7, 11) is 1.36. The Hall–Kier alpha value is -4.32. The van der Waals surface area contributed by atoms with Crippen molar-refractivity contribution in [1.29, 1.82) is 0 Å². The van der Waals surface area contributed by atoms with Gasteiger partial charge in [-0.2, -0.15) is 13.9 Å². The normalized spacial score (nSPS) is 13.7. The van der Waals surface area contributed by atoms with Gasteiger partial charge in [0, 0.05) is 36.1 Å². The quantitative estimate of drug-likeness (QED) is 0.176. The highest BCUT2D eigenvalue weighted by Gasteiger charge is 2.37. The number of alkyl halides is 3. The molecule has 0 saturated carbocycles. The number of amides is 2. The summed E-state index contributed by atoms with van der Waals surface area (Å²) >= 11 is 5.32. The van der Waals surface area contributed by atoms with Crippen molar-refractivity contribution in [2.75, 3.05) is 7.05 Å². The number of fused-ring (bicyclic) bond motifs is 1. The van der Waals surface area contributed by atoms with Crippen LogP contribution in [0.5, 0.6) is 0 Å². The molecule has 0 radical (unpaired) electrons. The van der Waals surface area contributed by atoms with Gasteiger partial charge in [0.1, 0.15) is 24.0 Å². The van der Waals surface area contributed by atoms with E-state index < -0.39 is 52.9 Å². The van der Waals surface area contributed by atoms with Crippen LogP contribution in [0.4, 0.5) is 22.0 Å². The average molecular weight is 632 g/mol. The molecule has 0 saturated heterocycles. The maximum Gasteiger partial charge on any atom is 0.366 e. The molecule has 1 aliphatic rings. The molecule has 1 aliphatic carbocycles. The van der Waals surface area contributed by atoms with Gasteiger partial charge in [-0.25, -0.2) is 13.2 Å². The van der Waals surface area contributed by atoms with Gasteiger partial charge >= 0.3 is 5.38 Å². The molecule has 5 rings (SSSR count). The fourth-order valence-corrected chi connectivity index (χ4v) is 5.68. The van der Waals surface area contributed by atoms with Crippen molar-refractivity contribution in [3.8, 4) is 11.1 Å². The van der Waals surface area contributed by atoms with E-state index in [1.807, 2.05) is 0 Å². The van der Waals surface area contributed by atoms with Gasteiger partial charge in [0.05, 0.1) is 17.3 Å². The number of halogens is 6. The molecule has 2 heterocycles. The van der Waals surface area contributed by atoms with Crippen molar-refractivity contribution in [3.05, 3.63) is 106 Å². The van der Waals surface area contributed by atoms with Crippen LogP contribution < -0.4 is 10.6 Å². The van der Waals surface area contributed by atoms with E-state index in [-0.39, 0.29) is 23.2 Å². The van der Waals surface area contributed by atoms with Crippen molar-refractivity contribution in [2.45, 2.75) is 50.1 Å². The Kier molecular flexibility index (Phi) is 9.00. The molecule has 1 atom stereocenters. The highest BCUT2D eigenvalue weighted by Crippen LogP contribution is 2.38. The fraction of sp³-hybridized carbons (Fsp3) is 0.290. The second kappa shape index (κ2) is 12.7. The number of nitrogens with one attached hydrogen (secondary N) is 2. The molecule has 230 valence electrons. The number of benzene rings is 2. The molecule has 2 aromatic carbocycles. The first-order valence-corrected chi connectivity index (χ1v) is 14.2. The summed E-state index contributed by atoms with van der Waals surface area (Å²) in [6, 6.07) is 9.10. The molecule has 2 amide bonds. The summed E-state index contributed by atoms with van der Waals surface area (Å²) in [5.41, 5.74) is 1.30. The smallest absolute Gasteiger partial charge is 0.355 e. The Morgan fingerprint density at radius 1 is 1.05 bits per heavy atom. The van der Waals surface area contributed by atoms with Gasteiger partial charge in [-0.05, 0) is 85.2 Å². The lowest BCUT2D eigenvalue weighted by Gasteiger charge is -2.22. The number of pyridine rings is 1. The lowest BCUT2D eigenvalue weighted by Crippen LogP contribution is -2.34. The van der Waals surface area contributed by atoms with Gasteiger partial charge in [0.15, 0.2) is 5.69 Å². The van der Waals surface area contributed by atoms with Crippen LogP contribution in [0.15, 0.2) is 54.7 Å². The van der Waals surface area contributed by atoms with E-state index in [1.54, 1.807) is 12.1 Å². The van der Waals surface area contributed by atoms with Gasteiger partial charge in [-0.1, -0.05) is 12.1 Å². The standard InChI is InChI=1S/C31H27ClF5N5O2/c1-38-30(44)23-14-18(8-9-24(23)35)21-6-4-10-39-28(21)25(13-17-11-19(33)15-20(34)12-17)40-27(43)16-42-26-7-3-2-5-22(26)29(41-42)31(32,36)37/h4,6,8-12,14-15,25H,2-3,5,7,13,16H2,1H3,(H,38,44)(H,40,43)/t25-/m0/s1. The summed E-state index contributed by atoms with van der Waals surface area (Å²) < 4.78 is 72.2. The zero-order chi connectivity index (χ0) is 31.6. The van der Waals surface area contributed by atoms with Gasteiger partial charge in [0.2, 0.25) is 5.91 Å². The second-order valence-electron chi connectivity index (χ2n) is 10.4. The number of nitrogens with zero attached hydrogens (tertiary/aromatic N) is 3. The van der Waals surface area contributed by atoms with Crippen LogP contribution in [0, 0.1) is 17.5 Å². The highest BCUT2D eigenvalue weighted by atomic mass is 35.5. The molecular formula is C31H27ClF5N5O2. The van der Waals surface area contributed by atoms with E-state index in [2.05, 4.69) is 20.7 Å². The van der Waals surface area contributed by atoms with Crippen LogP contribution in [0.1, 0.15) is 57.5 Å². The molecule has 4 aromatic rings. The molecule has 0 spiro atoms. The number of rotatable bonds is 9. The van der Waals surface area contributed by atoms with Gasteiger partial charge < -0.3 is 10.6 Å². The number of hydrogen-bond acceptors (Lipinski definition) is 4. The Labute approximate surface area is 254 Å². The average Bonchev–Trinajstić information content (AvgIpc) is 3.35. The van der Waals surface area contributed by atoms with Crippen molar-refractivity contribution in [2.24, 2.45) is 0 Å². The van der Waals surface area contributed by atoms with Crippen LogP contribution in [-0.2, 0) is 36.0 Å². The minimum atomic E-state index is -3.71. The van der Waals surface area contributed by atoms with Crippen LogP contribution >= 0.6 is 11.6 Å². The van der Waals surface area contributed by atoms with E-state index >= 15 is 0 Å². The minimum absolute atomic E-state index is 0.115. The minimum Gasteiger partial charge on any atom is -0.355 e. The zero-order valence-electron chi connectivity index (χ0n) is 23.4. The summed E-state index contributed by atoms with van der Waals surface area (Å²) in [4.78, 5) is 30.2. The maximum atomic E-state index is 14.5. The number of hydrogen-bond donors (Lipinski definition) is 2. The molecule has 2 aromatic heterocycles. The van der Waals surface area contributed by atoms with E-state index in [0.717, 1.165) is 24.6 Å². The monoisotopic (exact) mass is 631 g/mol. The van der Waals surface area contributed by atoms with E-state index in [4.69, 9.17) is 11.6 Å². The SMILES string of the molecule is CNC(=O)c1cc(-c2cccnc2[C@H](Cc2cc(F)cc(F)c2)NC(=O)Cn2nc(C(F)(F)Cl)c3c2CCCC3)ccc1F. The largest absolute Gasteiger partial charge is 0.366 e. The van der Waals surface area contributed by atoms with Crippen LogP contribution in [0.2, 0.25) is 0 Å². The lowest BCUT2D eigenvalue weighted by atomic mass is 9.94. The maximum absolute atomic E-state index is 14.5. The topological polar surface area (TPSA) is 88.9 Å². The molecule has 0 unspecified atom stereocenters. The Balaban J connectivity index is 1.53. The van der Waals surface area contributed by atoms with Crippen LogP contribution in [-0.4, -0.2) is 33.6 Å². The molecular weight excluding hydrogens is 605 g/mol. The van der Waals surface area contributed by atoms with E-state index in [1.165, 1.54) is 30.1 Å². The summed E-state index contributed by atoms with van der Waals surface area (Å²) in [5, 5.41) is 5.46. The molecule has 0 bridgehead atoms. The van der Waals surface area contributed by atoms with E-state index in [9.17, 15) is 31.5 Å².